The van der Waals surface area contributed by atoms with Gasteiger partial charge in [0.2, 0.25) is 0 Å². The first-order valence-electron chi connectivity index (χ1n) is 4.70. The fraction of sp³-hybridized carbons (Fsp3) is 0. The highest BCUT2D eigenvalue weighted by atomic mass is 16.1. The highest BCUT2D eigenvalue weighted by Crippen LogP contribution is 2.24. The first-order valence-corrected chi connectivity index (χ1v) is 4.70. The van der Waals surface area contributed by atoms with Gasteiger partial charge in [-0.25, -0.2) is 0 Å². The molecule has 0 atom stereocenters. The van der Waals surface area contributed by atoms with E-state index in [1.807, 2.05) is 24.3 Å². The molecule has 0 radical (unpaired) electrons. The number of aromatic nitrogens is 2. The number of hydrogen-bond acceptors (Lipinski definition) is 2. The van der Waals surface area contributed by atoms with Gasteiger partial charge in [0.25, 0.3) is 5.56 Å². The lowest BCUT2D eigenvalue weighted by Gasteiger charge is -1.94. The van der Waals surface area contributed by atoms with Crippen LogP contribution in [-0.2, 0) is 0 Å². The van der Waals surface area contributed by atoms with Crippen molar-refractivity contribution in [3.63, 3.8) is 0 Å². The van der Waals surface area contributed by atoms with E-state index in [1.54, 1.807) is 18.6 Å². The van der Waals surface area contributed by atoms with Gasteiger partial charge in [0, 0.05) is 29.5 Å². The predicted octanol–water partition coefficient (Wildman–Crippen LogP) is 2.03. The second kappa shape index (κ2) is 2.92. The molecule has 2 aliphatic rings. The van der Waals surface area contributed by atoms with Gasteiger partial charge >= 0.3 is 0 Å². The quantitative estimate of drug-likeness (QED) is 0.598. The van der Waals surface area contributed by atoms with Crippen molar-refractivity contribution >= 4 is 10.8 Å². The summed E-state index contributed by atoms with van der Waals surface area (Å²) in [6.07, 6.45) is 5.17. The van der Waals surface area contributed by atoms with E-state index in [4.69, 9.17) is 0 Å². The molecule has 1 aromatic rings. The van der Waals surface area contributed by atoms with E-state index >= 15 is 0 Å². The first kappa shape index (κ1) is 8.17. The van der Waals surface area contributed by atoms with Crippen LogP contribution >= 0.6 is 0 Å². The van der Waals surface area contributed by atoms with Crippen molar-refractivity contribution in [3.8, 4) is 11.1 Å². The molecule has 1 N–H and O–H groups in total. The smallest absolute Gasteiger partial charge is 0.256 e. The monoisotopic (exact) mass is 196 g/mol. The highest BCUT2D eigenvalue weighted by Gasteiger charge is 2.10. The number of H-pyrrole nitrogens is 1. The van der Waals surface area contributed by atoms with Crippen molar-refractivity contribution in [1.82, 2.24) is 9.97 Å². The van der Waals surface area contributed by atoms with Gasteiger partial charge in [-0.2, -0.15) is 0 Å². The first-order chi connectivity index (χ1) is 7.36. The van der Waals surface area contributed by atoms with Gasteiger partial charge in [0.05, 0.1) is 5.56 Å². The summed E-state index contributed by atoms with van der Waals surface area (Å²) in [5.74, 6) is 0. The maximum Gasteiger partial charge on any atom is 0.256 e. The SMILES string of the molecule is O=c1[nH]cc2cncc3ccccc3c1-2. The Morgan fingerprint density at radius 3 is 2.93 bits per heavy atom. The lowest BCUT2D eigenvalue weighted by atomic mass is 10.1. The van der Waals surface area contributed by atoms with Crippen molar-refractivity contribution in [2.45, 2.75) is 0 Å². The lowest BCUT2D eigenvalue weighted by molar-refractivity contribution is 1.32. The van der Waals surface area contributed by atoms with Crippen molar-refractivity contribution in [2.75, 3.05) is 0 Å². The van der Waals surface area contributed by atoms with E-state index < -0.39 is 0 Å². The lowest BCUT2D eigenvalue weighted by Crippen LogP contribution is -1.98. The molecule has 0 aliphatic carbocycles. The van der Waals surface area contributed by atoms with Crippen molar-refractivity contribution in [2.24, 2.45) is 0 Å². The molecular formula is C12H8N2O. The largest absolute Gasteiger partial charge is 0.328 e. The molecule has 3 heteroatoms. The van der Waals surface area contributed by atoms with Crippen LogP contribution in [-0.4, -0.2) is 9.97 Å². The molecule has 0 saturated carbocycles. The zero-order chi connectivity index (χ0) is 10.3. The Balaban J connectivity index is 2.63. The van der Waals surface area contributed by atoms with Gasteiger partial charge in [-0.15, -0.1) is 0 Å². The summed E-state index contributed by atoms with van der Waals surface area (Å²) in [6.45, 7) is 0. The Morgan fingerprint density at radius 2 is 2.00 bits per heavy atom. The van der Waals surface area contributed by atoms with Crippen LogP contribution in [0.5, 0.6) is 0 Å². The third-order valence-corrected chi connectivity index (χ3v) is 2.53. The number of aromatic amines is 1. The molecule has 3 rings (SSSR count). The van der Waals surface area contributed by atoms with Gasteiger partial charge in [0.15, 0.2) is 0 Å². The van der Waals surface area contributed by atoms with Gasteiger partial charge < -0.3 is 4.98 Å². The summed E-state index contributed by atoms with van der Waals surface area (Å²) >= 11 is 0. The van der Waals surface area contributed by atoms with Crippen LogP contribution in [0.15, 0.2) is 47.7 Å². The topological polar surface area (TPSA) is 45.8 Å². The van der Waals surface area contributed by atoms with E-state index in [1.165, 1.54) is 0 Å². The van der Waals surface area contributed by atoms with Gasteiger partial charge in [-0.1, -0.05) is 24.3 Å². The third-order valence-electron chi connectivity index (χ3n) is 2.53. The van der Waals surface area contributed by atoms with Crippen molar-refractivity contribution in [3.05, 3.63) is 53.2 Å². The van der Waals surface area contributed by atoms with Gasteiger partial charge in [-0.05, 0) is 5.39 Å². The van der Waals surface area contributed by atoms with E-state index in [0.29, 0.717) is 5.56 Å². The number of benzene rings is 1. The molecule has 15 heavy (non-hydrogen) atoms. The minimum Gasteiger partial charge on any atom is -0.328 e. The molecule has 0 unspecified atom stereocenters. The average molecular weight is 196 g/mol. The van der Waals surface area contributed by atoms with Crippen LogP contribution in [0.25, 0.3) is 21.9 Å². The van der Waals surface area contributed by atoms with E-state index in [2.05, 4.69) is 9.97 Å². The van der Waals surface area contributed by atoms with Crippen LogP contribution in [0.4, 0.5) is 0 Å². The number of rotatable bonds is 0. The van der Waals surface area contributed by atoms with E-state index in [0.717, 1.165) is 16.3 Å². The molecule has 72 valence electrons. The molecule has 1 aromatic carbocycles. The Morgan fingerprint density at radius 1 is 1.13 bits per heavy atom. The minimum absolute atomic E-state index is 0.0563. The number of nitrogens with zero attached hydrogens (tertiary/aromatic N) is 1. The third kappa shape index (κ3) is 1.13. The highest BCUT2D eigenvalue weighted by molar-refractivity contribution is 5.95. The maximum atomic E-state index is 11.6. The van der Waals surface area contributed by atoms with Crippen LogP contribution < -0.4 is 5.56 Å². The zero-order valence-corrected chi connectivity index (χ0v) is 7.90. The molecule has 0 saturated heterocycles. The fourth-order valence-corrected chi connectivity index (χ4v) is 1.83. The second-order valence-electron chi connectivity index (χ2n) is 3.44. The molecule has 2 aliphatic heterocycles. The van der Waals surface area contributed by atoms with Crippen LogP contribution in [0, 0.1) is 0 Å². The summed E-state index contributed by atoms with van der Waals surface area (Å²) in [4.78, 5) is 18.5. The van der Waals surface area contributed by atoms with Crippen molar-refractivity contribution < 1.29 is 0 Å². The molecule has 0 fully saturated rings. The number of fused-ring (bicyclic) bond motifs is 3. The number of hydrogen-bond donors (Lipinski definition) is 1. The fourth-order valence-electron chi connectivity index (χ4n) is 1.83. The number of nitrogens with one attached hydrogen (secondary N) is 1. The molecule has 0 amide bonds. The van der Waals surface area contributed by atoms with Crippen LogP contribution in [0.2, 0.25) is 0 Å². The molecule has 3 nitrogen and oxygen atoms in total. The predicted molar refractivity (Wildman–Crippen MR) is 59.0 cm³/mol. The summed E-state index contributed by atoms with van der Waals surface area (Å²) in [6, 6.07) is 7.75. The summed E-state index contributed by atoms with van der Waals surface area (Å²) < 4.78 is 0. The molecule has 0 aromatic heterocycles. The Labute approximate surface area is 85.8 Å². The van der Waals surface area contributed by atoms with Gasteiger partial charge in [0.1, 0.15) is 0 Å². The molecule has 2 heterocycles. The second-order valence-corrected chi connectivity index (χ2v) is 3.44. The molecule has 0 spiro atoms. The summed E-state index contributed by atoms with van der Waals surface area (Å²) in [5, 5.41) is 1.92. The standard InChI is InChI=1S/C12H8N2O/c15-12-11-9(7-14-12)6-13-5-8-3-1-2-4-10(8)11/h1-7H,(H,14,15). The zero-order valence-electron chi connectivity index (χ0n) is 7.90. The maximum absolute atomic E-state index is 11.6. The van der Waals surface area contributed by atoms with E-state index in [-0.39, 0.29) is 5.56 Å². The minimum atomic E-state index is -0.0563. The van der Waals surface area contributed by atoms with Crippen molar-refractivity contribution in [1.29, 1.82) is 0 Å². The van der Waals surface area contributed by atoms with E-state index in [9.17, 15) is 4.79 Å². The van der Waals surface area contributed by atoms with Crippen LogP contribution in [0.1, 0.15) is 0 Å². The Bertz CT molecular complexity index is 657. The van der Waals surface area contributed by atoms with Crippen LogP contribution in [0.3, 0.4) is 0 Å². The summed E-state index contributed by atoms with van der Waals surface area (Å²) in [5.41, 5.74) is 1.50. The Hall–Kier alpha value is -2.16. The summed E-state index contributed by atoms with van der Waals surface area (Å²) in [7, 11) is 0. The molecular weight excluding hydrogens is 188 g/mol. The normalized spacial score (nSPS) is 10.9. The average Bonchev–Trinajstić information content (AvgIpc) is 2.52. The van der Waals surface area contributed by atoms with Gasteiger partial charge in [-0.3, -0.25) is 9.78 Å². The molecule has 0 bridgehead atoms. The Kier molecular flexibility index (Phi) is 1.59.